The second-order valence-electron chi connectivity index (χ2n) is 5.94. The summed E-state index contributed by atoms with van der Waals surface area (Å²) < 4.78 is 6.98. The average molecular weight is 379 g/mol. The molecular weight excluding hydrogens is 362 g/mol. The molecule has 0 spiro atoms. The number of ether oxygens (including phenoxy) is 1. The lowest BCUT2D eigenvalue weighted by Gasteiger charge is -2.14. The van der Waals surface area contributed by atoms with E-state index in [1.165, 1.54) is 6.92 Å². The molecule has 3 aromatic rings. The maximum Gasteiger partial charge on any atom is 0.221 e. The van der Waals surface area contributed by atoms with Gasteiger partial charge in [0, 0.05) is 23.9 Å². The fraction of sp³-hybridized carbons (Fsp3) is 0.158. The van der Waals surface area contributed by atoms with Gasteiger partial charge in [0.05, 0.1) is 12.8 Å². The van der Waals surface area contributed by atoms with Crippen LogP contribution < -0.4 is 10.1 Å². The quantitative estimate of drug-likeness (QED) is 0.752. The number of thioether (sulfide) groups is 1. The number of nitrogens with zero attached hydrogens (tertiary/aromatic N) is 4. The lowest BCUT2D eigenvalue weighted by atomic mass is 10.1. The minimum atomic E-state index is -0.0911. The van der Waals surface area contributed by atoms with Crippen molar-refractivity contribution in [1.82, 2.24) is 14.9 Å². The number of anilines is 1. The monoisotopic (exact) mass is 379 g/mol. The number of hydrogen-bond donors (Lipinski definition) is 1. The van der Waals surface area contributed by atoms with Gasteiger partial charge in [0.1, 0.15) is 5.75 Å². The Balaban J connectivity index is 1.66. The SMILES string of the molecule is COc1ccc(-c2nnc3n2N=C(c2ccc(NC(C)=O)cc2)CS3)cc1. The highest BCUT2D eigenvalue weighted by molar-refractivity contribution is 7.99. The zero-order valence-electron chi connectivity index (χ0n) is 14.8. The van der Waals surface area contributed by atoms with Crippen molar-refractivity contribution < 1.29 is 9.53 Å². The number of aromatic nitrogens is 3. The molecule has 1 N–H and O–H groups in total. The zero-order chi connectivity index (χ0) is 18.8. The van der Waals surface area contributed by atoms with Crippen LogP contribution in [0.4, 0.5) is 5.69 Å². The average Bonchev–Trinajstić information content (AvgIpc) is 3.11. The molecular formula is C19H17N5O2S. The van der Waals surface area contributed by atoms with Crippen LogP contribution in [0, 0.1) is 0 Å². The van der Waals surface area contributed by atoms with Crippen LogP contribution in [0.15, 0.2) is 58.8 Å². The minimum absolute atomic E-state index is 0.0911. The molecule has 1 aliphatic rings. The van der Waals surface area contributed by atoms with E-state index < -0.39 is 0 Å². The summed E-state index contributed by atoms with van der Waals surface area (Å²) >= 11 is 1.59. The van der Waals surface area contributed by atoms with Crippen LogP contribution in [0.1, 0.15) is 12.5 Å². The minimum Gasteiger partial charge on any atom is -0.497 e. The zero-order valence-corrected chi connectivity index (χ0v) is 15.7. The topological polar surface area (TPSA) is 81.4 Å². The number of amides is 1. The van der Waals surface area contributed by atoms with Gasteiger partial charge in [0.25, 0.3) is 0 Å². The van der Waals surface area contributed by atoms with Crippen LogP contribution in [-0.2, 0) is 4.79 Å². The molecule has 0 unspecified atom stereocenters. The Morgan fingerprint density at radius 3 is 2.44 bits per heavy atom. The van der Waals surface area contributed by atoms with Gasteiger partial charge in [-0.05, 0) is 42.0 Å². The van der Waals surface area contributed by atoms with Crippen LogP contribution in [0.5, 0.6) is 5.75 Å². The van der Waals surface area contributed by atoms with Gasteiger partial charge in [-0.3, -0.25) is 4.79 Å². The molecule has 1 aliphatic heterocycles. The number of methoxy groups -OCH3 is 1. The van der Waals surface area contributed by atoms with Crippen molar-refractivity contribution in [3.8, 4) is 17.1 Å². The van der Waals surface area contributed by atoms with Crippen molar-refractivity contribution in [2.24, 2.45) is 5.10 Å². The maximum absolute atomic E-state index is 11.2. The third-order valence-corrected chi connectivity index (χ3v) is 4.99. The number of nitrogens with one attached hydrogen (secondary N) is 1. The molecule has 7 nitrogen and oxygen atoms in total. The molecule has 0 bridgehead atoms. The van der Waals surface area contributed by atoms with Gasteiger partial charge in [-0.15, -0.1) is 10.2 Å². The molecule has 2 heterocycles. The number of benzene rings is 2. The summed E-state index contributed by atoms with van der Waals surface area (Å²) in [4.78, 5) is 11.2. The van der Waals surface area contributed by atoms with Gasteiger partial charge in [-0.2, -0.15) is 9.78 Å². The normalized spacial score (nSPS) is 12.9. The lowest BCUT2D eigenvalue weighted by Crippen LogP contribution is -2.14. The molecule has 0 aliphatic carbocycles. The Kier molecular flexibility index (Phi) is 4.64. The first-order chi connectivity index (χ1) is 13.1. The van der Waals surface area contributed by atoms with Crippen LogP contribution in [0.2, 0.25) is 0 Å². The first-order valence-corrected chi connectivity index (χ1v) is 9.31. The second kappa shape index (κ2) is 7.24. The Morgan fingerprint density at radius 2 is 1.78 bits per heavy atom. The predicted octanol–water partition coefficient (Wildman–Crippen LogP) is 3.27. The van der Waals surface area contributed by atoms with Crippen LogP contribution in [0.25, 0.3) is 11.4 Å². The van der Waals surface area contributed by atoms with E-state index in [-0.39, 0.29) is 5.91 Å². The van der Waals surface area contributed by atoms with Crippen molar-refractivity contribution in [2.45, 2.75) is 12.1 Å². The smallest absolute Gasteiger partial charge is 0.221 e. The van der Waals surface area contributed by atoms with Crippen molar-refractivity contribution in [3.63, 3.8) is 0 Å². The van der Waals surface area contributed by atoms with Gasteiger partial charge in [-0.25, -0.2) is 0 Å². The summed E-state index contributed by atoms with van der Waals surface area (Å²) in [5, 5.41) is 16.8. The number of hydrogen-bond acceptors (Lipinski definition) is 6. The Bertz CT molecular complexity index is 1010. The molecule has 0 fully saturated rings. The van der Waals surface area contributed by atoms with Crippen LogP contribution in [0.3, 0.4) is 0 Å². The van der Waals surface area contributed by atoms with Crippen molar-refractivity contribution in [2.75, 3.05) is 18.2 Å². The first kappa shape index (κ1) is 17.3. The Hall–Kier alpha value is -3.13. The molecule has 27 heavy (non-hydrogen) atoms. The highest BCUT2D eigenvalue weighted by atomic mass is 32.2. The molecule has 0 radical (unpaired) electrons. The fourth-order valence-electron chi connectivity index (χ4n) is 2.74. The van der Waals surface area contributed by atoms with E-state index in [1.807, 2.05) is 48.5 Å². The molecule has 0 saturated heterocycles. The van der Waals surface area contributed by atoms with Gasteiger partial charge in [-0.1, -0.05) is 23.9 Å². The highest BCUT2D eigenvalue weighted by Crippen LogP contribution is 2.29. The summed E-state index contributed by atoms with van der Waals surface area (Å²) in [6.07, 6.45) is 0. The molecule has 1 aromatic heterocycles. The van der Waals surface area contributed by atoms with Gasteiger partial charge >= 0.3 is 0 Å². The highest BCUT2D eigenvalue weighted by Gasteiger charge is 2.20. The van der Waals surface area contributed by atoms with Gasteiger partial charge < -0.3 is 10.1 Å². The third-order valence-electron chi connectivity index (χ3n) is 4.06. The van der Waals surface area contributed by atoms with Crippen LogP contribution >= 0.6 is 11.8 Å². The summed E-state index contributed by atoms with van der Waals surface area (Å²) in [5.41, 5.74) is 3.61. The number of carbonyl (C=O) groups excluding carboxylic acids is 1. The molecule has 2 aromatic carbocycles. The largest absolute Gasteiger partial charge is 0.497 e. The molecule has 0 saturated carbocycles. The lowest BCUT2D eigenvalue weighted by molar-refractivity contribution is -0.114. The number of carbonyl (C=O) groups is 1. The first-order valence-electron chi connectivity index (χ1n) is 8.32. The molecule has 136 valence electrons. The Morgan fingerprint density at radius 1 is 1.07 bits per heavy atom. The van der Waals surface area contributed by atoms with Gasteiger partial charge in [0.15, 0.2) is 5.82 Å². The molecule has 0 atom stereocenters. The van der Waals surface area contributed by atoms with E-state index in [9.17, 15) is 4.79 Å². The van der Waals surface area contributed by atoms with Gasteiger partial charge in [0.2, 0.25) is 11.1 Å². The van der Waals surface area contributed by atoms with E-state index in [0.29, 0.717) is 11.6 Å². The van der Waals surface area contributed by atoms with E-state index >= 15 is 0 Å². The van der Waals surface area contributed by atoms with E-state index in [4.69, 9.17) is 9.84 Å². The third kappa shape index (κ3) is 3.56. The van der Waals surface area contributed by atoms with Crippen molar-refractivity contribution in [1.29, 1.82) is 0 Å². The molecule has 1 amide bonds. The number of rotatable bonds is 4. The standard InChI is InChI=1S/C19H17N5O2S/c1-12(25)20-15-7-3-13(4-8-15)17-11-27-19-22-21-18(24(19)23-17)14-5-9-16(26-2)10-6-14/h3-10H,11H2,1-2H3,(H,20,25). The maximum atomic E-state index is 11.2. The number of fused-ring (bicyclic) bond motifs is 1. The Labute approximate surface area is 160 Å². The fourth-order valence-corrected chi connectivity index (χ4v) is 3.58. The molecule has 8 heteroatoms. The van der Waals surface area contributed by atoms with E-state index in [2.05, 4.69) is 15.5 Å². The summed E-state index contributed by atoms with van der Waals surface area (Å²) in [7, 11) is 1.64. The summed E-state index contributed by atoms with van der Waals surface area (Å²) in [6.45, 7) is 1.49. The van der Waals surface area contributed by atoms with E-state index in [0.717, 1.165) is 33.4 Å². The molecule has 4 rings (SSSR count). The van der Waals surface area contributed by atoms with Crippen LogP contribution in [-0.4, -0.2) is 39.4 Å². The van der Waals surface area contributed by atoms with E-state index in [1.54, 1.807) is 23.5 Å². The summed E-state index contributed by atoms with van der Waals surface area (Å²) in [5.74, 6) is 2.09. The summed E-state index contributed by atoms with van der Waals surface area (Å²) in [6, 6.07) is 15.3. The second-order valence-corrected chi connectivity index (χ2v) is 6.88. The van der Waals surface area contributed by atoms with Crippen molar-refractivity contribution in [3.05, 3.63) is 54.1 Å². The predicted molar refractivity (Wildman–Crippen MR) is 105 cm³/mol. The van der Waals surface area contributed by atoms with Crippen molar-refractivity contribution >= 4 is 29.1 Å².